The van der Waals surface area contributed by atoms with Gasteiger partial charge in [0.2, 0.25) is 0 Å². The lowest BCUT2D eigenvalue weighted by atomic mass is 9.80. The van der Waals surface area contributed by atoms with E-state index in [1.807, 2.05) is 18.8 Å². The molecule has 2 atom stereocenters. The first-order chi connectivity index (χ1) is 8.95. The van der Waals surface area contributed by atoms with Gasteiger partial charge in [-0.2, -0.15) is 5.10 Å². The molecule has 19 heavy (non-hydrogen) atoms. The molecule has 1 aromatic heterocycles. The average molecular weight is 331 g/mol. The molecule has 2 rings (SSSR count). The van der Waals surface area contributed by atoms with E-state index in [4.69, 9.17) is 0 Å². The lowest BCUT2D eigenvalue weighted by Gasteiger charge is -2.39. The van der Waals surface area contributed by atoms with Gasteiger partial charge in [0.15, 0.2) is 0 Å². The van der Waals surface area contributed by atoms with E-state index in [-0.39, 0.29) is 5.92 Å². The normalized spacial score (nSPS) is 28.0. The van der Waals surface area contributed by atoms with E-state index in [0.717, 1.165) is 42.8 Å². The van der Waals surface area contributed by atoms with Crippen molar-refractivity contribution in [2.45, 2.75) is 25.5 Å². The van der Waals surface area contributed by atoms with Crippen molar-refractivity contribution in [2.75, 3.05) is 33.7 Å². The molecule has 1 saturated heterocycles. The summed E-state index contributed by atoms with van der Waals surface area (Å²) in [6.45, 7) is 5.45. The number of hydrogen-bond acceptors (Lipinski definition) is 4. The monoisotopic (exact) mass is 330 g/mol. The Morgan fingerprint density at radius 1 is 1.63 bits per heavy atom. The van der Waals surface area contributed by atoms with E-state index in [9.17, 15) is 5.11 Å². The second kappa shape index (κ2) is 5.91. The van der Waals surface area contributed by atoms with Crippen molar-refractivity contribution in [3.63, 3.8) is 0 Å². The minimum absolute atomic E-state index is 0.173. The summed E-state index contributed by atoms with van der Waals surface area (Å²) in [6, 6.07) is 0. The highest BCUT2D eigenvalue weighted by molar-refractivity contribution is 9.10. The van der Waals surface area contributed by atoms with Gasteiger partial charge in [-0.15, -0.1) is 0 Å². The zero-order valence-corrected chi connectivity index (χ0v) is 13.4. The Balaban J connectivity index is 2.29. The Labute approximate surface area is 123 Å². The van der Waals surface area contributed by atoms with Gasteiger partial charge in [-0.25, -0.2) is 0 Å². The summed E-state index contributed by atoms with van der Waals surface area (Å²) >= 11 is 3.55. The van der Waals surface area contributed by atoms with Crippen molar-refractivity contribution in [3.05, 3.63) is 16.4 Å². The van der Waals surface area contributed by atoms with E-state index in [1.54, 1.807) is 6.20 Å². The van der Waals surface area contributed by atoms with Crippen LogP contribution in [0.25, 0.3) is 0 Å². The quantitative estimate of drug-likeness (QED) is 0.865. The van der Waals surface area contributed by atoms with E-state index in [1.165, 1.54) is 0 Å². The van der Waals surface area contributed by atoms with Crippen molar-refractivity contribution in [1.82, 2.24) is 20.0 Å². The summed E-state index contributed by atoms with van der Waals surface area (Å²) in [6.07, 6.45) is 2.51. The third kappa shape index (κ3) is 3.02. The molecule has 108 valence electrons. The van der Waals surface area contributed by atoms with Crippen LogP contribution in [0.1, 0.15) is 19.0 Å². The number of halogens is 1. The predicted octanol–water partition coefficient (Wildman–Crippen LogP) is 1.02. The summed E-state index contributed by atoms with van der Waals surface area (Å²) in [5.74, 6) is 0.173. The highest BCUT2D eigenvalue weighted by Gasteiger charge is 2.41. The molecule has 1 aromatic rings. The fourth-order valence-corrected chi connectivity index (χ4v) is 3.26. The largest absolute Gasteiger partial charge is 0.383 e. The molecular formula is C13H23BrN4O. The molecule has 6 heteroatoms. The summed E-state index contributed by atoms with van der Waals surface area (Å²) in [7, 11) is 4.08. The predicted molar refractivity (Wildman–Crippen MR) is 79.0 cm³/mol. The molecule has 1 fully saturated rings. The first-order valence-corrected chi connectivity index (χ1v) is 7.54. The standard InChI is InChI=1S/C13H23BrN4O/c1-10-8-15-5-4-13(10,19)12-11(14)9-16-18(12)7-6-17(2)3/h9-10,15,19H,4-8H2,1-3H3. The van der Waals surface area contributed by atoms with Crippen LogP contribution in [-0.4, -0.2) is 53.5 Å². The lowest BCUT2D eigenvalue weighted by Crippen LogP contribution is -2.48. The number of hydrogen-bond donors (Lipinski definition) is 2. The SMILES string of the molecule is CC1CNCCC1(O)c1c(Br)cnn1CCN(C)C. The van der Waals surface area contributed by atoms with Crippen LogP contribution in [0.4, 0.5) is 0 Å². The minimum atomic E-state index is -0.799. The van der Waals surface area contributed by atoms with Gasteiger partial charge in [-0.1, -0.05) is 6.92 Å². The van der Waals surface area contributed by atoms with E-state index < -0.39 is 5.60 Å². The van der Waals surface area contributed by atoms with Gasteiger partial charge in [-0.05, 0) is 43.0 Å². The molecule has 2 heterocycles. The molecule has 1 aliphatic heterocycles. The van der Waals surface area contributed by atoms with Crippen LogP contribution >= 0.6 is 15.9 Å². The summed E-state index contributed by atoms with van der Waals surface area (Å²) in [4.78, 5) is 2.12. The second-order valence-corrected chi connectivity index (χ2v) is 6.50. The molecule has 5 nitrogen and oxygen atoms in total. The Hall–Kier alpha value is -0.430. The first kappa shape index (κ1) is 15.0. The Bertz CT molecular complexity index is 434. The minimum Gasteiger partial charge on any atom is -0.383 e. The van der Waals surface area contributed by atoms with Crippen molar-refractivity contribution < 1.29 is 5.11 Å². The summed E-state index contributed by atoms with van der Waals surface area (Å²) in [5, 5.41) is 18.8. The van der Waals surface area contributed by atoms with Crippen LogP contribution in [-0.2, 0) is 12.1 Å². The number of rotatable bonds is 4. The molecular weight excluding hydrogens is 308 g/mol. The van der Waals surface area contributed by atoms with Crippen molar-refractivity contribution in [1.29, 1.82) is 0 Å². The number of aliphatic hydroxyl groups is 1. The maximum absolute atomic E-state index is 11.1. The van der Waals surface area contributed by atoms with Gasteiger partial charge >= 0.3 is 0 Å². The molecule has 0 spiro atoms. The number of nitrogens with one attached hydrogen (secondary N) is 1. The number of nitrogens with zero attached hydrogens (tertiary/aromatic N) is 3. The van der Waals surface area contributed by atoms with Gasteiger partial charge in [-0.3, -0.25) is 4.68 Å². The van der Waals surface area contributed by atoms with Crippen molar-refractivity contribution >= 4 is 15.9 Å². The molecule has 0 aliphatic carbocycles. The van der Waals surface area contributed by atoms with Crippen LogP contribution in [0.2, 0.25) is 0 Å². The summed E-state index contributed by atoms with van der Waals surface area (Å²) in [5.41, 5.74) is 0.121. The van der Waals surface area contributed by atoms with Crippen LogP contribution in [0.15, 0.2) is 10.7 Å². The number of aromatic nitrogens is 2. The van der Waals surface area contributed by atoms with Crippen LogP contribution < -0.4 is 5.32 Å². The molecule has 0 radical (unpaired) electrons. The van der Waals surface area contributed by atoms with E-state index in [0.29, 0.717) is 0 Å². The summed E-state index contributed by atoms with van der Waals surface area (Å²) < 4.78 is 2.84. The van der Waals surface area contributed by atoms with Crippen LogP contribution in [0, 0.1) is 5.92 Å². The third-order valence-electron chi connectivity index (χ3n) is 3.91. The van der Waals surface area contributed by atoms with Gasteiger partial charge < -0.3 is 15.3 Å². The lowest BCUT2D eigenvalue weighted by molar-refractivity contribution is -0.0473. The zero-order chi connectivity index (χ0) is 14.0. The van der Waals surface area contributed by atoms with Gasteiger partial charge in [0.25, 0.3) is 0 Å². The molecule has 0 aromatic carbocycles. The number of piperidine rings is 1. The topological polar surface area (TPSA) is 53.3 Å². The Morgan fingerprint density at radius 2 is 2.37 bits per heavy atom. The third-order valence-corrected chi connectivity index (χ3v) is 4.49. The molecule has 2 N–H and O–H groups in total. The highest BCUT2D eigenvalue weighted by Crippen LogP contribution is 2.38. The first-order valence-electron chi connectivity index (χ1n) is 6.74. The van der Waals surface area contributed by atoms with Crippen LogP contribution in [0.3, 0.4) is 0 Å². The molecule has 1 aliphatic rings. The average Bonchev–Trinajstić information content (AvgIpc) is 2.72. The maximum atomic E-state index is 11.1. The van der Waals surface area contributed by atoms with Gasteiger partial charge in [0.05, 0.1) is 22.9 Å². The fraction of sp³-hybridized carbons (Fsp3) is 0.769. The fourth-order valence-electron chi connectivity index (χ4n) is 2.62. The molecule has 0 bridgehead atoms. The smallest absolute Gasteiger partial charge is 0.112 e. The second-order valence-electron chi connectivity index (χ2n) is 5.65. The number of likely N-dealkylation sites (N-methyl/N-ethyl adjacent to an activating group) is 1. The Morgan fingerprint density at radius 3 is 3.00 bits per heavy atom. The Kier molecular flexibility index (Phi) is 4.66. The highest BCUT2D eigenvalue weighted by atomic mass is 79.9. The van der Waals surface area contributed by atoms with E-state index in [2.05, 4.69) is 38.2 Å². The van der Waals surface area contributed by atoms with Crippen molar-refractivity contribution in [2.24, 2.45) is 5.92 Å². The van der Waals surface area contributed by atoms with Gasteiger partial charge in [0.1, 0.15) is 5.60 Å². The van der Waals surface area contributed by atoms with Gasteiger partial charge in [0, 0.05) is 19.0 Å². The van der Waals surface area contributed by atoms with Crippen LogP contribution in [0.5, 0.6) is 0 Å². The zero-order valence-electron chi connectivity index (χ0n) is 11.9. The molecule has 0 amide bonds. The molecule has 0 saturated carbocycles. The maximum Gasteiger partial charge on any atom is 0.112 e. The van der Waals surface area contributed by atoms with Crippen molar-refractivity contribution in [3.8, 4) is 0 Å². The van der Waals surface area contributed by atoms with E-state index >= 15 is 0 Å². The molecule has 2 unspecified atom stereocenters.